The van der Waals surface area contributed by atoms with Crippen LogP contribution >= 0.6 is 0 Å². The second-order valence-corrected chi connectivity index (χ2v) is 16.5. The van der Waals surface area contributed by atoms with Crippen LogP contribution in [-0.2, 0) is 0 Å². The molecule has 0 fully saturated rings. The van der Waals surface area contributed by atoms with Gasteiger partial charge in [-0.3, -0.25) is 4.98 Å². The Hall–Kier alpha value is -8.86. The number of hydrogen-bond donors (Lipinski definition) is 0. The molecule has 12 aromatic rings. The van der Waals surface area contributed by atoms with Gasteiger partial charge in [-0.1, -0.05) is 212 Å². The van der Waals surface area contributed by atoms with Crippen molar-refractivity contribution in [3.63, 3.8) is 0 Å². The average molecular weight is 841 g/mol. The first kappa shape index (κ1) is 38.8. The Bertz CT molecular complexity index is 3680. The van der Waals surface area contributed by atoms with E-state index in [0.29, 0.717) is 17.5 Å². The summed E-state index contributed by atoms with van der Waals surface area (Å²) in [6.07, 6.45) is 3.64. The minimum Gasteiger partial charge on any atom is -0.265 e. The van der Waals surface area contributed by atoms with Gasteiger partial charge in [0.05, 0.1) is 0 Å². The summed E-state index contributed by atoms with van der Waals surface area (Å²) in [5, 5.41) is 7.00. The zero-order valence-corrected chi connectivity index (χ0v) is 35.9. The molecule has 66 heavy (non-hydrogen) atoms. The number of benzene rings is 10. The molecule has 4 heteroatoms. The minimum absolute atomic E-state index is 0.607. The molecule has 0 aliphatic heterocycles. The molecule has 2 aromatic heterocycles. The molecule has 0 radical (unpaired) electrons. The third-order valence-corrected chi connectivity index (χ3v) is 12.7. The molecule has 0 unspecified atom stereocenters. The molecule has 308 valence electrons. The summed E-state index contributed by atoms with van der Waals surface area (Å²) < 4.78 is 0. The zero-order chi connectivity index (χ0) is 43.8. The number of hydrogen-bond acceptors (Lipinski definition) is 4. The van der Waals surface area contributed by atoms with Crippen LogP contribution in [0.15, 0.2) is 243 Å². The molecular formula is C62H40N4. The SMILES string of the molecule is c1ccc(-c2ccccc2-c2nc(-c3ccc(-c4ccncc4)cc3)nc(-c3ccc(-c4c5ccccc5c(-c5ccccc5-c5ccccc5)c5ccccc45)c4ccccc34)n2)cc1. The molecule has 4 nitrogen and oxygen atoms in total. The lowest BCUT2D eigenvalue weighted by molar-refractivity contribution is 1.08. The van der Waals surface area contributed by atoms with Crippen LogP contribution in [0, 0.1) is 0 Å². The van der Waals surface area contributed by atoms with E-state index in [1.54, 1.807) is 0 Å². The van der Waals surface area contributed by atoms with Gasteiger partial charge in [-0.15, -0.1) is 0 Å². The van der Waals surface area contributed by atoms with E-state index in [1.165, 1.54) is 49.4 Å². The Balaban J connectivity index is 1.07. The molecule has 0 bridgehead atoms. The molecular weight excluding hydrogens is 801 g/mol. The highest BCUT2D eigenvalue weighted by atomic mass is 15.0. The summed E-state index contributed by atoms with van der Waals surface area (Å²) >= 11 is 0. The summed E-state index contributed by atoms with van der Waals surface area (Å²) in [5.74, 6) is 1.83. The number of aromatic nitrogens is 4. The lowest BCUT2D eigenvalue weighted by Gasteiger charge is -2.21. The number of nitrogens with zero attached hydrogens (tertiary/aromatic N) is 4. The van der Waals surface area contributed by atoms with Gasteiger partial charge >= 0.3 is 0 Å². The fourth-order valence-electron chi connectivity index (χ4n) is 9.64. The van der Waals surface area contributed by atoms with E-state index in [4.69, 9.17) is 15.0 Å². The van der Waals surface area contributed by atoms with Crippen molar-refractivity contribution < 1.29 is 0 Å². The largest absolute Gasteiger partial charge is 0.265 e. The van der Waals surface area contributed by atoms with Crippen molar-refractivity contribution in [2.24, 2.45) is 0 Å². The van der Waals surface area contributed by atoms with Crippen molar-refractivity contribution in [2.75, 3.05) is 0 Å². The third kappa shape index (κ3) is 6.89. The standard InChI is InChI=1S/C62H40N4/c1-3-17-43(18-4-1)46-21-7-11-25-50(46)58-51-26-12-14-28-53(51)59(54-29-15-13-27-52(54)58)55-35-36-57(49-24-10-9-23-48(49)55)62-65-60(45-33-31-41(32-34-45)42-37-39-63-40-38-42)64-61(66-62)56-30-16-8-22-47(56)44-19-5-2-6-20-44/h1-40H. The Labute approximate surface area is 383 Å². The summed E-state index contributed by atoms with van der Waals surface area (Å²) in [6.45, 7) is 0. The highest BCUT2D eigenvalue weighted by molar-refractivity contribution is 6.24. The van der Waals surface area contributed by atoms with Gasteiger partial charge in [-0.2, -0.15) is 0 Å². The minimum atomic E-state index is 0.607. The third-order valence-electron chi connectivity index (χ3n) is 12.7. The van der Waals surface area contributed by atoms with E-state index in [1.807, 2.05) is 30.6 Å². The fraction of sp³-hybridized carbons (Fsp3) is 0. The summed E-state index contributed by atoms with van der Waals surface area (Å²) in [4.78, 5) is 20.1. The normalized spacial score (nSPS) is 11.3. The number of fused-ring (bicyclic) bond motifs is 3. The second kappa shape index (κ2) is 16.7. The van der Waals surface area contributed by atoms with Crippen molar-refractivity contribution in [3.8, 4) is 89.8 Å². The van der Waals surface area contributed by atoms with E-state index < -0.39 is 0 Å². The van der Waals surface area contributed by atoms with Crippen LogP contribution in [0.4, 0.5) is 0 Å². The van der Waals surface area contributed by atoms with E-state index in [9.17, 15) is 0 Å². The first-order chi connectivity index (χ1) is 32.8. The van der Waals surface area contributed by atoms with Crippen molar-refractivity contribution in [1.29, 1.82) is 0 Å². The Morgan fingerprint density at radius 2 is 0.561 bits per heavy atom. The van der Waals surface area contributed by atoms with E-state index in [-0.39, 0.29) is 0 Å². The van der Waals surface area contributed by atoms with Gasteiger partial charge < -0.3 is 0 Å². The van der Waals surface area contributed by atoms with Crippen LogP contribution in [0.5, 0.6) is 0 Å². The number of pyridine rings is 1. The first-order valence-electron chi connectivity index (χ1n) is 22.3. The average Bonchev–Trinajstić information content (AvgIpc) is 3.40. The number of rotatable bonds is 8. The maximum Gasteiger partial charge on any atom is 0.164 e. The van der Waals surface area contributed by atoms with Crippen LogP contribution in [-0.4, -0.2) is 19.9 Å². The molecule has 0 spiro atoms. The smallest absolute Gasteiger partial charge is 0.164 e. The Morgan fingerprint density at radius 3 is 1.12 bits per heavy atom. The molecule has 0 saturated heterocycles. The maximum atomic E-state index is 5.35. The summed E-state index contributed by atoms with van der Waals surface area (Å²) in [5.41, 5.74) is 14.3. The van der Waals surface area contributed by atoms with Crippen molar-refractivity contribution in [3.05, 3.63) is 243 Å². The van der Waals surface area contributed by atoms with Gasteiger partial charge in [0.15, 0.2) is 17.5 Å². The van der Waals surface area contributed by atoms with Gasteiger partial charge in [0.1, 0.15) is 0 Å². The Kier molecular flexibility index (Phi) is 9.81. The molecule has 0 saturated carbocycles. The summed E-state index contributed by atoms with van der Waals surface area (Å²) in [6, 6.07) is 81.7. The van der Waals surface area contributed by atoms with Gasteiger partial charge in [-0.05, 0) is 106 Å². The topological polar surface area (TPSA) is 51.6 Å². The predicted molar refractivity (Wildman–Crippen MR) is 274 cm³/mol. The molecule has 0 aliphatic carbocycles. The lowest BCUT2D eigenvalue weighted by Crippen LogP contribution is -2.02. The second-order valence-electron chi connectivity index (χ2n) is 16.5. The van der Waals surface area contributed by atoms with Crippen LogP contribution < -0.4 is 0 Å². The fourth-order valence-corrected chi connectivity index (χ4v) is 9.64. The van der Waals surface area contributed by atoms with Crippen LogP contribution in [0.1, 0.15) is 0 Å². The molecule has 0 atom stereocenters. The molecule has 12 rings (SSSR count). The van der Waals surface area contributed by atoms with E-state index in [2.05, 4.69) is 217 Å². The molecule has 0 N–H and O–H groups in total. The van der Waals surface area contributed by atoms with Crippen LogP contribution in [0.3, 0.4) is 0 Å². The van der Waals surface area contributed by atoms with E-state index >= 15 is 0 Å². The first-order valence-corrected chi connectivity index (χ1v) is 22.3. The van der Waals surface area contributed by atoms with Crippen molar-refractivity contribution in [1.82, 2.24) is 19.9 Å². The predicted octanol–water partition coefficient (Wildman–Crippen LogP) is 16.1. The lowest BCUT2D eigenvalue weighted by atomic mass is 9.82. The molecule has 0 amide bonds. The maximum absolute atomic E-state index is 5.35. The zero-order valence-electron chi connectivity index (χ0n) is 35.9. The summed E-state index contributed by atoms with van der Waals surface area (Å²) in [7, 11) is 0. The quantitative estimate of drug-likeness (QED) is 0.143. The van der Waals surface area contributed by atoms with Crippen molar-refractivity contribution in [2.45, 2.75) is 0 Å². The van der Waals surface area contributed by atoms with Gasteiger partial charge in [0, 0.05) is 29.1 Å². The van der Waals surface area contributed by atoms with Gasteiger partial charge in [-0.25, -0.2) is 15.0 Å². The van der Waals surface area contributed by atoms with Crippen LogP contribution in [0.2, 0.25) is 0 Å². The molecule has 0 aliphatic rings. The Morgan fingerprint density at radius 1 is 0.197 bits per heavy atom. The van der Waals surface area contributed by atoms with Gasteiger partial charge in [0.25, 0.3) is 0 Å². The highest BCUT2D eigenvalue weighted by Crippen LogP contribution is 2.48. The monoisotopic (exact) mass is 840 g/mol. The molecule has 2 heterocycles. The van der Waals surface area contributed by atoms with Crippen LogP contribution in [0.25, 0.3) is 122 Å². The molecule has 10 aromatic carbocycles. The highest BCUT2D eigenvalue weighted by Gasteiger charge is 2.22. The van der Waals surface area contributed by atoms with Crippen molar-refractivity contribution >= 4 is 32.3 Å². The van der Waals surface area contributed by atoms with E-state index in [0.717, 1.165) is 55.3 Å². The van der Waals surface area contributed by atoms with Gasteiger partial charge in [0.2, 0.25) is 0 Å².